The van der Waals surface area contributed by atoms with E-state index >= 15 is 0 Å². The van der Waals surface area contributed by atoms with Crippen molar-refractivity contribution in [3.8, 4) is 0 Å². The molecule has 0 aromatic heterocycles. The van der Waals surface area contributed by atoms with Gasteiger partial charge >= 0.3 is 5.97 Å². The Morgan fingerprint density at radius 1 is 1.39 bits per heavy atom. The number of nitrogen functional groups attached to an aromatic ring is 1. The normalized spacial score (nSPS) is 18.1. The molecule has 1 fully saturated rings. The molecule has 1 aromatic carbocycles. The van der Waals surface area contributed by atoms with Crippen molar-refractivity contribution in [3.05, 3.63) is 23.8 Å². The second-order valence-electron chi connectivity index (χ2n) is 4.77. The van der Waals surface area contributed by atoms with Crippen LogP contribution < -0.4 is 5.73 Å². The fourth-order valence-electron chi connectivity index (χ4n) is 2.31. The van der Waals surface area contributed by atoms with Gasteiger partial charge in [0, 0.05) is 6.26 Å². The van der Waals surface area contributed by atoms with Crippen LogP contribution in [0.25, 0.3) is 0 Å². The summed E-state index contributed by atoms with van der Waals surface area (Å²) in [6, 6.07) is 4.48. The lowest BCUT2D eigenvalue weighted by atomic mass is 9.64. The van der Waals surface area contributed by atoms with Gasteiger partial charge in [-0.2, -0.15) is 0 Å². The number of aliphatic carboxylic acids is 1. The lowest BCUT2D eigenvalue weighted by Crippen LogP contribution is -2.42. The predicted molar refractivity (Wildman–Crippen MR) is 67.1 cm³/mol. The van der Waals surface area contributed by atoms with Crippen LogP contribution in [0.4, 0.5) is 5.69 Å². The summed E-state index contributed by atoms with van der Waals surface area (Å²) in [5.74, 6) is -0.905. The number of sulfone groups is 1. The summed E-state index contributed by atoms with van der Waals surface area (Å²) in [5, 5.41) is 9.32. The van der Waals surface area contributed by atoms with Crippen molar-refractivity contribution in [1.29, 1.82) is 0 Å². The first-order chi connectivity index (χ1) is 8.27. The zero-order chi connectivity index (χ0) is 13.6. The van der Waals surface area contributed by atoms with Gasteiger partial charge in [-0.1, -0.05) is 12.5 Å². The molecular formula is C12H15NO4S. The molecule has 18 heavy (non-hydrogen) atoms. The van der Waals surface area contributed by atoms with Crippen molar-refractivity contribution in [1.82, 2.24) is 0 Å². The van der Waals surface area contributed by atoms with E-state index in [4.69, 9.17) is 5.73 Å². The number of carbonyl (C=O) groups is 1. The van der Waals surface area contributed by atoms with E-state index in [-0.39, 0.29) is 10.6 Å². The Hall–Kier alpha value is -1.56. The zero-order valence-corrected chi connectivity index (χ0v) is 10.8. The van der Waals surface area contributed by atoms with Gasteiger partial charge in [0.25, 0.3) is 0 Å². The van der Waals surface area contributed by atoms with E-state index < -0.39 is 21.2 Å². The highest BCUT2D eigenvalue weighted by atomic mass is 32.2. The summed E-state index contributed by atoms with van der Waals surface area (Å²) in [7, 11) is -3.44. The third-order valence-corrected chi connectivity index (χ3v) is 4.73. The number of rotatable bonds is 3. The number of benzene rings is 1. The average molecular weight is 269 g/mol. The molecule has 0 aliphatic heterocycles. The molecule has 1 aliphatic carbocycles. The van der Waals surface area contributed by atoms with Crippen LogP contribution in [0.1, 0.15) is 24.8 Å². The van der Waals surface area contributed by atoms with E-state index in [0.29, 0.717) is 18.4 Å². The van der Waals surface area contributed by atoms with Crippen molar-refractivity contribution in [2.45, 2.75) is 29.6 Å². The molecule has 0 amide bonds. The maximum atomic E-state index is 11.6. The Morgan fingerprint density at radius 3 is 2.39 bits per heavy atom. The molecule has 6 heteroatoms. The van der Waals surface area contributed by atoms with Crippen molar-refractivity contribution >= 4 is 21.5 Å². The van der Waals surface area contributed by atoms with Crippen LogP contribution in [0.2, 0.25) is 0 Å². The number of hydrogen-bond donors (Lipinski definition) is 2. The van der Waals surface area contributed by atoms with Gasteiger partial charge < -0.3 is 10.8 Å². The van der Waals surface area contributed by atoms with Crippen molar-refractivity contribution in [2.75, 3.05) is 12.0 Å². The third kappa shape index (κ3) is 1.86. The molecule has 0 radical (unpaired) electrons. The van der Waals surface area contributed by atoms with E-state index in [1.165, 1.54) is 12.1 Å². The molecule has 0 bridgehead atoms. The molecule has 1 aliphatic rings. The molecule has 3 N–H and O–H groups in total. The molecule has 0 atom stereocenters. The first kappa shape index (κ1) is 12.9. The summed E-state index contributed by atoms with van der Waals surface area (Å²) in [5.41, 5.74) is 5.37. The van der Waals surface area contributed by atoms with Gasteiger partial charge in [0.15, 0.2) is 9.84 Å². The van der Waals surface area contributed by atoms with Gasteiger partial charge in [-0.05, 0) is 30.5 Å². The lowest BCUT2D eigenvalue weighted by molar-refractivity contribution is -0.147. The van der Waals surface area contributed by atoms with Crippen LogP contribution in [0.3, 0.4) is 0 Å². The zero-order valence-electron chi connectivity index (χ0n) is 10.0. The topological polar surface area (TPSA) is 97.5 Å². The minimum Gasteiger partial charge on any atom is -0.481 e. The minimum atomic E-state index is -3.44. The first-order valence-electron chi connectivity index (χ1n) is 5.61. The molecule has 98 valence electrons. The smallest absolute Gasteiger partial charge is 0.314 e. The van der Waals surface area contributed by atoms with Crippen LogP contribution in [-0.2, 0) is 20.0 Å². The maximum absolute atomic E-state index is 11.6. The van der Waals surface area contributed by atoms with E-state index in [0.717, 1.165) is 12.7 Å². The summed E-state index contributed by atoms with van der Waals surface area (Å²) in [6.45, 7) is 0. The van der Waals surface area contributed by atoms with Crippen LogP contribution in [0.15, 0.2) is 23.1 Å². The van der Waals surface area contributed by atoms with Crippen LogP contribution >= 0.6 is 0 Å². The van der Waals surface area contributed by atoms with Crippen molar-refractivity contribution in [2.24, 2.45) is 0 Å². The monoisotopic (exact) mass is 269 g/mol. The largest absolute Gasteiger partial charge is 0.481 e. The highest BCUT2D eigenvalue weighted by Crippen LogP contribution is 2.44. The van der Waals surface area contributed by atoms with Gasteiger partial charge in [0.05, 0.1) is 16.0 Å². The molecule has 0 heterocycles. The van der Waals surface area contributed by atoms with Crippen LogP contribution in [0.5, 0.6) is 0 Å². The minimum absolute atomic E-state index is 0.00697. The standard InChI is InChI=1S/C12H15NO4S/c1-18(16,17)10-7-8(3-4-9(10)13)12(11(14)15)5-2-6-12/h3-4,7H,2,5-6,13H2,1H3,(H,14,15). The molecule has 1 saturated carbocycles. The number of anilines is 1. The quantitative estimate of drug-likeness (QED) is 0.803. The van der Waals surface area contributed by atoms with Gasteiger partial charge in [-0.15, -0.1) is 0 Å². The van der Waals surface area contributed by atoms with Crippen LogP contribution in [-0.4, -0.2) is 25.7 Å². The number of nitrogens with two attached hydrogens (primary N) is 1. The van der Waals surface area contributed by atoms with Gasteiger partial charge in [0.2, 0.25) is 0 Å². The van der Waals surface area contributed by atoms with E-state index in [9.17, 15) is 18.3 Å². The van der Waals surface area contributed by atoms with E-state index in [1.54, 1.807) is 6.07 Å². The lowest BCUT2D eigenvalue weighted by Gasteiger charge is -2.38. The predicted octanol–water partition coefficient (Wildman–Crippen LogP) is 1.18. The Labute approximate surface area is 106 Å². The first-order valence-corrected chi connectivity index (χ1v) is 7.50. The van der Waals surface area contributed by atoms with E-state index in [2.05, 4.69) is 0 Å². The molecule has 5 nitrogen and oxygen atoms in total. The second kappa shape index (κ2) is 3.98. The van der Waals surface area contributed by atoms with Gasteiger partial charge in [0.1, 0.15) is 0 Å². The average Bonchev–Trinajstić information content (AvgIpc) is 2.16. The molecule has 2 rings (SSSR count). The fraction of sp³-hybridized carbons (Fsp3) is 0.417. The molecule has 0 spiro atoms. The fourth-order valence-corrected chi connectivity index (χ4v) is 3.15. The van der Waals surface area contributed by atoms with Crippen LogP contribution in [0, 0.1) is 0 Å². The second-order valence-corrected chi connectivity index (χ2v) is 6.75. The Balaban J connectivity index is 2.58. The van der Waals surface area contributed by atoms with E-state index in [1.807, 2.05) is 0 Å². The molecular weight excluding hydrogens is 254 g/mol. The molecule has 0 saturated heterocycles. The van der Waals surface area contributed by atoms with Gasteiger partial charge in [-0.25, -0.2) is 8.42 Å². The summed E-state index contributed by atoms with van der Waals surface area (Å²) < 4.78 is 23.2. The summed E-state index contributed by atoms with van der Waals surface area (Å²) in [6.07, 6.45) is 2.98. The summed E-state index contributed by atoms with van der Waals surface area (Å²) >= 11 is 0. The SMILES string of the molecule is CS(=O)(=O)c1cc(C2(C(=O)O)CCC2)ccc1N. The maximum Gasteiger partial charge on any atom is 0.314 e. The van der Waals surface area contributed by atoms with Gasteiger partial charge in [-0.3, -0.25) is 4.79 Å². The Kier molecular flexibility index (Phi) is 2.85. The van der Waals surface area contributed by atoms with Crippen molar-refractivity contribution in [3.63, 3.8) is 0 Å². The Bertz CT molecular complexity index is 603. The highest BCUT2D eigenvalue weighted by Gasteiger charge is 2.46. The number of hydrogen-bond acceptors (Lipinski definition) is 4. The molecule has 0 unspecified atom stereocenters. The number of carboxylic acid groups (broad SMARTS) is 1. The Morgan fingerprint density at radius 2 is 2.00 bits per heavy atom. The highest BCUT2D eigenvalue weighted by molar-refractivity contribution is 7.90. The summed E-state index contributed by atoms with van der Waals surface area (Å²) in [4.78, 5) is 11.4. The van der Waals surface area contributed by atoms with Crippen molar-refractivity contribution < 1.29 is 18.3 Å². The number of carboxylic acids is 1. The third-order valence-electron chi connectivity index (χ3n) is 3.58. The molecule has 1 aromatic rings.